The molecule has 3 aromatic rings. The molecule has 1 N–H and O–H groups in total. The van der Waals surface area contributed by atoms with Gasteiger partial charge in [-0.25, -0.2) is 5.01 Å². The molecule has 29 heavy (non-hydrogen) atoms. The monoisotopic (exact) mass is 388 g/mol. The minimum Gasteiger partial charge on any atom is -0.497 e. The third-order valence-corrected chi connectivity index (χ3v) is 5.59. The zero-order chi connectivity index (χ0) is 20.0. The van der Waals surface area contributed by atoms with Gasteiger partial charge in [0, 0.05) is 23.0 Å². The Labute approximate surface area is 167 Å². The van der Waals surface area contributed by atoms with Gasteiger partial charge in [0.2, 0.25) is 5.91 Å². The number of para-hydroxylation sites is 1. The first-order valence-electron chi connectivity index (χ1n) is 9.51. The second-order valence-corrected chi connectivity index (χ2v) is 7.29. The molecule has 2 aliphatic rings. The van der Waals surface area contributed by atoms with E-state index in [1.54, 1.807) is 18.2 Å². The Balaban J connectivity index is 1.43. The van der Waals surface area contributed by atoms with Gasteiger partial charge < -0.3 is 14.6 Å². The number of piperazine rings is 1. The fourth-order valence-electron chi connectivity index (χ4n) is 4.12. The summed E-state index contributed by atoms with van der Waals surface area (Å²) in [7, 11) is 1.60. The van der Waals surface area contributed by atoms with Gasteiger partial charge in [-0.05, 0) is 29.3 Å². The highest BCUT2D eigenvalue weighted by Gasteiger charge is 2.43. The van der Waals surface area contributed by atoms with Crippen molar-refractivity contribution >= 4 is 28.9 Å². The highest BCUT2D eigenvalue weighted by Crippen LogP contribution is 2.32. The highest BCUT2D eigenvalue weighted by molar-refractivity contribution is 5.97. The number of nitrogens with zero attached hydrogens (tertiary/aromatic N) is 3. The summed E-state index contributed by atoms with van der Waals surface area (Å²) in [4.78, 5) is 30.9. The quantitative estimate of drug-likeness (QED) is 0.700. The van der Waals surface area contributed by atoms with Gasteiger partial charge in [0.05, 0.1) is 19.9 Å². The van der Waals surface area contributed by atoms with Crippen molar-refractivity contribution in [2.45, 2.75) is 19.0 Å². The Kier molecular flexibility index (Phi) is 4.08. The van der Waals surface area contributed by atoms with Crippen molar-refractivity contribution in [2.75, 3.05) is 13.7 Å². The fraction of sp³-hybridized carbons (Fsp3) is 0.227. The third kappa shape index (κ3) is 2.95. The number of benzene rings is 2. The number of hydrogen-bond donors (Lipinski definition) is 1. The minimum absolute atomic E-state index is 0.0502. The maximum absolute atomic E-state index is 13.1. The topological polar surface area (TPSA) is 78.0 Å². The molecule has 1 aromatic heterocycles. The molecule has 2 aliphatic heterocycles. The summed E-state index contributed by atoms with van der Waals surface area (Å²) in [5.41, 5.74) is 3.96. The molecule has 0 spiro atoms. The van der Waals surface area contributed by atoms with E-state index < -0.39 is 6.04 Å². The van der Waals surface area contributed by atoms with Gasteiger partial charge >= 0.3 is 0 Å². The molecule has 1 fully saturated rings. The summed E-state index contributed by atoms with van der Waals surface area (Å²) in [5, 5.41) is 6.70. The van der Waals surface area contributed by atoms with Crippen LogP contribution < -0.4 is 4.74 Å². The first-order valence-corrected chi connectivity index (χ1v) is 9.51. The Morgan fingerprint density at radius 1 is 1.14 bits per heavy atom. The first kappa shape index (κ1) is 17.5. The van der Waals surface area contributed by atoms with E-state index in [-0.39, 0.29) is 18.4 Å². The molecule has 1 saturated heterocycles. The van der Waals surface area contributed by atoms with Gasteiger partial charge in [-0.15, -0.1) is 0 Å². The van der Waals surface area contributed by atoms with Crippen LogP contribution in [0.15, 0.2) is 53.6 Å². The number of H-pyrrole nitrogens is 1. The number of amides is 2. The molecule has 146 valence electrons. The van der Waals surface area contributed by atoms with Crippen molar-refractivity contribution in [1.82, 2.24) is 14.9 Å². The molecular formula is C22H20N4O3. The van der Waals surface area contributed by atoms with Crippen molar-refractivity contribution in [1.29, 1.82) is 0 Å². The molecule has 0 radical (unpaired) electrons. The Hall–Kier alpha value is -3.61. The number of carbonyl (C=O) groups is 2. The average Bonchev–Trinajstić information content (AvgIpc) is 3.12. The third-order valence-electron chi connectivity index (χ3n) is 5.59. The fourth-order valence-corrected chi connectivity index (χ4v) is 4.12. The van der Waals surface area contributed by atoms with E-state index in [0.717, 1.165) is 27.7 Å². The summed E-state index contributed by atoms with van der Waals surface area (Å²) >= 11 is 0. The van der Waals surface area contributed by atoms with Crippen LogP contribution in [0.4, 0.5) is 0 Å². The van der Waals surface area contributed by atoms with Crippen LogP contribution in [0.2, 0.25) is 0 Å². The van der Waals surface area contributed by atoms with Gasteiger partial charge in [-0.3, -0.25) is 9.59 Å². The lowest BCUT2D eigenvalue weighted by Crippen LogP contribution is -2.60. The summed E-state index contributed by atoms with van der Waals surface area (Å²) in [6, 6.07) is 14.9. The van der Waals surface area contributed by atoms with Gasteiger partial charge in [0.1, 0.15) is 18.3 Å². The molecule has 0 saturated carbocycles. The smallest absolute Gasteiger partial charge is 0.266 e. The van der Waals surface area contributed by atoms with E-state index in [2.05, 4.69) is 10.1 Å². The van der Waals surface area contributed by atoms with Crippen LogP contribution in [0.5, 0.6) is 5.75 Å². The second kappa shape index (κ2) is 6.77. The van der Waals surface area contributed by atoms with Crippen molar-refractivity contribution < 1.29 is 14.3 Å². The number of nitrogens with one attached hydrogen (secondary N) is 1. The molecule has 3 heterocycles. The van der Waals surface area contributed by atoms with Crippen molar-refractivity contribution in [3.8, 4) is 5.75 Å². The second-order valence-electron chi connectivity index (χ2n) is 7.29. The minimum atomic E-state index is -0.523. The summed E-state index contributed by atoms with van der Waals surface area (Å²) in [6.45, 7) is 0.373. The number of hydrogen-bond acceptors (Lipinski definition) is 4. The zero-order valence-corrected chi connectivity index (χ0v) is 16.0. The molecule has 7 heteroatoms. The molecule has 7 nitrogen and oxygen atoms in total. The lowest BCUT2D eigenvalue weighted by atomic mass is 9.94. The van der Waals surface area contributed by atoms with Crippen molar-refractivity contribution in [3.63, 3.8) is 0 Å². The maximum Gasteiger partial charge on any atom is 0.266 e. The number of fused-ring (bicyclic) bond motifs is 4. The number of ether oxygens (including phenoxy) is 1. The lowest BCUT2D eigenvalue weighted by Gasteiger charge is -2.40. The number of methoxy groups -OCH3 is 1. The van der Waals surface area contributed by atoms with Crippen LogP contribution in [0.1, 0.15) is 16.8 Å². The average molecular weight is 388 g/mol. The number of carbonyl (C=O) groups excluding carboxylic acids is 2. The van der Waals surface area contributed by atoms with E-state index in [4.69, 9.17) is 4.74 Å². The van der Waals surface area contributed by atoms with Crippen LogP contribution in [-0.4, -0.2) is 52.6 Å². The van der Waals surface area contributed by atoms with Crippen LogP contribution in [-0.2, 0) is 22.6 Å². The zero-order valence-electron chi connectivity index (χ0n) is 16.0. The first-order chi connectivity index (χ1) is 14.1. The predicted octanol–water partition coefficient (Wildman–Crippen LogP) is 2.31. The summed E-state index contributed by atoms with van der Waals surface area (Å²) in [5.74, 6) is 0.460. The van der Waals surface area contributed by atoms with E-state index in [0.29, 0.717) is 18.7 Å². The molecule has 0 bridgehead atoms. The number of hydrazone groups is 1. The van der Waals surface area contributed by atoms with Gasteiger partial charge in [0.25, 0.3) is 5.91 Å². The molecule has 2 amide bonds. The van der Waals surface area contributed by atoms with Gasteiger partial charge in [0.15, 0.2) is 0 Å². The van der Waals surface area contributed by atoms with Crippen LogP contribution in [0, 0.1) is 0 Å². The SMILES string of the molecule is COc1cccc(/C=N\N2CC(=O)N3Cc4[nH]c5ccccc5c4C[C@H]3C2=O)c1. The number of rotatable bonds is 3. The van der Waals surface area contributed by atoms with E-state index in [1.807, 2.05) is 48.5 Å². The lowest BCUT2D eigenvalue weighted by molar-refractivity contribution is -0.157. The summed E-state index contributed by atoms with van der Waals surface area (Å²) < 4.78 is 5.21. The van der Waals surface area contributed by atoms with Crippen LogP contribution in [0.3, 0.4) is 0 Å². The molecule has 0 unspecified atom stereocenters. The molecule has 0 aliphatic carbocycles. The Morgan fingerprint density at radius 3 is 2.86 bits per heavy atom. The van der Waals surface area contributed by atoms with E-state index >= 15 is 0 Å². The highest BCUT2D eigenvalue weighted by atomic mass is 16.5. The Morgan fingerprint density at radius 2 is 2.00 bits per heavy atom. The number of aromatic nitrogens is 1. The maximum atomic E-state index is 13.1. The summed E-state index contributed by atoms with van der Waals surface area (Å²) in [6.07, 6.45) is 2.08. The standard InChI is InChI=1S/C22H20N4O3/c1-29-15-6-4-5-14(9-15)11-23-26-13-21(27)25-12-19-17(10-20(25)22(26)28)16-7-2-3-8-18(16)24-19/h2-9,11,20,24H,10,12-13H2,1H3/b23-11-/t20-/m0/s1. The molecular weight excluding hydrogens is 368 g/mol. The van der Waals surface area contributed by atoms with Crippen LogP contribution >= 0.6 is 0 Å². The number of aromatic amines is 1. The van der Waals surface area contributed by atoms with Gasteiger partial charge in [-0.2, -0.15) is 5.10 Å². The Bertz CT molecular complexity index is 1150. The van der Waals surface area contributed by atoms with E-state index in [9.17, 15) is 9.59 Å². The van der Waals surface area contributed by atoms with Crippen molar-refractivity contribution in [3.05, 3.63) is 65.4 Å². The van der Waals surface area contributed by atoms with E-state index in [1.165, 1.54) is 5.01 Å². The molecule has 1 atom stereocenters. The molecule has 5 rings (SSSR count). The van der Waals surface area contributed by atoms with Crippen molar-refractivity contribution in [2.24, 2.45) is 5.10 Å². The van der Waals surface area contributed by atoms with Crippen LogP contribution in [0.25, 0.3) is 10.9 Å². The van der Waals surface area contributed by atoms with Gasteiger partial charge in [-0.1, -0.05) is 30.3 Å². The normalized spacial score (nSPS) is 19.0. The molecule has 2 aromatic carbocycles. The largest absolute Gasteiger partial charge is 0.497 e. The predicted molar refractivity (Wildman–Crippen MR) is 109 cm³/mol.